The SMILES string of the molecule is CCOc1ccc(OCC)c(NC(=O)CCN2C(=O)[C@@H]3CCCC[C@H]3C2=O)c1. The van der Waals surface area contributed by atoms with Crippen LogP contribution in [0.2, 0.25) is 0 Å². The minimum absolute atomic E-state index is 0.0569. The van der Waals surface area contributed by atoms with E-state index in [2.05, 4.69) is 5.32 Å². The molecule has 3 rings (SSSR count). The summed E-state index contributed by atoms with van der Waals surface area (Å²) in [4.78, 5) is 38.8. The third-order valence-corrected chi connectivity index (χ3v) is 5.33. The molecule has 28 heavy (non-hydrogen) atoms. The van der Waals surface area contributed by atoms with Gasteiger partial charge in [0, 0.05) is 19.0 Å². The van der Waals surface area contributed by atoms with Gasteiger partial charge in [-0.3, -0.25) is 19.3 Å². The zero-order chi connectivity index (χ0) is 20.1. The number of fused-ring (bicyclic) bond motifs is 1. The quantitative estimate of drug-likeness (QED) is 0.692. The maximum Gasteiger partial charge on any atom is 0.233 e. The van der Waals surface area contributed by atoms with E-state index >= 15 is 0 Å². The van der Waals surface area contributed by atoms with Gasteiger partial charge < -0.3 is 14.8 Å². The van der Waals surface area contributed by atoms with Crippen LogP contribution in [0.5, 0.6) is 11.5 Å². The molecule has 1 aliphatic heterocycles. The minimum Gasteiger partial charge on any atom is -0.494 e. The van der Waals surface area contributed by atoms with Gasteiger partial charge in [0.25, 0.3) is 0 Å². The van der Waals surface area contributed by atoms with Crippen molar-refractivity contribution in [1.82, 2.24) is 4.90 Å². The molecule has 1 N–H and O–H groups in total. The lowest BCUT2D eigenvalue weighted by Crippen LogP contribution is -2.34. The summed E-state index contributed by atoms with van der Waals surface area (Å²) in [7, 11) is 0. The monoisotopic (exact) mass is 388 g/mol. The number of carbonyl (C=O) groups excluding carboxylic acids is 3. The van der Waals surface area contributed by atoms with Crippen molar-refractivity contribution in [2.24, 2.45) is 11.8 Å². The van der Waals surface area contributed by atoms with Crippen molar-refractivity contribution in [3.05, 3.63) is 18.2 Å². The molecule has 1 heterocycles. The molecule has 0 bridgehead atoms. The van der Waals surface area contributed by atoms with Crippen LogP contribution in [0.25, 0.3) is 0 Å². The summed E-state index contributed by atoms with van der Waals surface area (Å²) < 4.78 is 11.0. The molecular formula is C21H28N2O5. The molecule has 0 spiro atoms. The maximum absolute atomic E-state index is 12.5. The molecule has 0 unspecified atom stereocenters. The Morgan fingerprint density at radius 1 is 1.07 bits per heavy atom. The Morgan fingerprint density at radius 3 is 2.32 bits per heavy atom. The van der Waals surface area contributed by atoms with Crippen molar-refractivity contribution < 1.29 is 23.9 Å². The molecule has 3 amide bonds. The van der Waals surface area contributed by atoms with Gasteiger partial charge in [0.1, 0.15) is 11.5 Å². The fourth-order valence-electron chi connectivity index (χ4n) is 4.02. The van der Waals surface area contributed by atoms with E-state index < -0.39 is 0 Å². The number of ether oxygens (including phenoxy) is 2. The average Bonchev–Trinajstić information content (AvgIpc) is 2.93. The standard InChI is InChI=1S/C21H28N2O5/c1-3-27-14-9-10-18(28-4-2)17(13-14)22-19(24)11-12-23-20(25)15-7-5-6-8-16(15)21(23)26/h9-10,13,15-16H,3-8,11-12H2,1-2H3,(H,22,24)/t15-,16-/m1/s1. The highest BCUT2D eigenvalue weighted by atomic mass is 16.5. The minimum atomic E-state index is -0.273. The van der Waals surface area contributed by atoms with E-state index in [0.29, 0.717) is 30.4 Å². The Labute approximate surface area is 165 Å². The summed E-state index contributed by atoms with van der Waals surface area (Å²) in [6.45, 7) is 4.85. The van der Waals surface area contributed by atoms with E-state index in [0.717, 1.165) is 25.7 Å². The molecule has 1 saturated heterocycles. The average molecular weight is 388 g/mol. The van der Waals surface area contributed by atoms with Crippen LogP contribution in [0.3, 0.4) is 0 Å². The smallest absolute Gasteiger partial charge is 0.233 e. The second-order valence-corrected chi connectivity index (χ2v) is 7.15. The van der Waals surface area contributed by atoms with Crippen molar-refractivity contribution in [2.75, 3.05) is 25.1 Å². The Kier molecular flexibility index (Phi) is 6.54. The largest absolute Gasteiger partial charge is 0.494 e. The number of carbonyl (C=O) groups is 3. The Bertz CT molecular complexity index is 724. The van der Waals surface area contributed by atoms with Crippen LogP contribution in [-0.4, -0.2) is 42.4 Å². The van der Waals surface area contributed by atoms with Crippen molar-refractivity contribution in [3.8, 4) is 11.5 Å². The van der Waals surface area contributed by atoms with E-state index in [-0.39, 0.29) is 42.5 Å². The van der Waals surface area contributed by atoms with Crippen LogP contribution >= 0.6 is 0 Å². The van der Waals surface area contributed by atoms with Crippen molar-refractivity contribution in [1.29, 1.82) is 0 Å². The first kappa shape index (κ1) is 20.2. The molecule has 1 aromatic carbocycles. The van der Waals surface area contributed by atoms with E-state index in [1.807, 2.05) is 13.8 Å². The highest BCUT2D eigenvalue weighted by Gasteiger charge is 2.47. The lowest BCUT2D eigenvalue weighted by molar-refractivity contribution is -0.140. The Hall–Kier alpha value is -2.57. The topological polar surface area (TPSA) is 84.9 Å². The van der Waals surface area contributed by atoms with E-state index in [1.54, 1.807) is 18.2 Å². The number of amides is 3. The summed E-state index contributed by atoms with van der Waals surface area (Å²) in [5.41, 5.74) is 0.519. The first-order valence-corrected chi connectivity index (χ1v) is 10.1. The van der Waals surface area contributed by atoms with Gasteiger partial charge in [-0.1, -0.05) is 12.8 Å². The van der Waals surface area contributed by atoms with Crippen LogP contribution < -0.4 is 14.8 Å². The molecule has 2 atom stereocenters. The fraction of sp³-hybridized carbons (Fsp3) is 0.571. The number of benzene rings is 1. The lowest BCUT2D eigenvalue weighted by atomic mass is 9.81. The molecular weight excluding hydrogens is 360 g/mol. The Balaban J connectivity index is 1.62. The highest BCUT2D eigenvalue weighted by Crippen LogP contribution is 2.38. The summed E-state index contributed by atoms with van der Waals surface area (Å²) in [5, 5.41) is 2.82. The number of anilines is 1. The van der Waals surface area contributed by atoms with Gasteiger partial charge >= 0.3 is 0 Å². The van der Waals surface area contributed by atoms with Gasteiger partial charge in [-0.15, -0.1) is 0 Å². The van der Waals surface area contributed by atoms with Crippen LogP contribution in [0.4, 0.5) is 5.69 Å². The first-order chi connectivity index (χ1) is 13.5. The highest BCUT2D eigenvalue weighted by molar-refractivity contribution is 6.05. The second-order valence-electron chi connectivity index (χ2n) is 7.15. The molecule has 7 nitrogen and oxygen atoms in total. The summed E-state index contributed by atoms with van der Waals surface area (Å²) in [6, 6.07) is 5.25. The van der Waals surface area contributed by atoms with Gasteiger partial charge in [0.2, 0.25) is 17.7 Å². The second kappa shape index (κ2) is 9.08. The predicted octanol–water partition coefficient (Wildman–Crippen LogP) is 2.99. The van der Waals surface area contributed by atoms with Gasteiger partial charge in [0.05, 0.1) is 30.7 Å². The molecule has 1 saturated carbocycles. The third kappa shape index (κ3) is 4.29. The predicted molar refractivity (Wildman–Crippen MR) is 104 cm³/mol. The molecule has 152 valence electrons. The number of nitrogens with zero attached hydrogens (tertiary/aromatic N) is 1. The number of likely N-dealkylation sites (tertiary alicyclic amines) is 1. The molecule has 1 aromatic rings. The van der Waals surface area contributed by atoms with Crippen LogP contribution in [-0.2, 0) is 14.4 Å². The summed E-state index contributed by atoms with van der Waals surface area (Å²) >= 11 is 0. The lowest BCUT2D eigenvalue weighted by Gasteiger charge is -2.19. The zero-order valence-corrected chi connectivity index (χ0v) is 16.5. The Morgan fingerprint density at radius 2 is 1.71 bits per heavy atom. The number of rotatable bonds is 8. The molecule has 0 radical (unpaired) electrons. The fourth-order valence-corrected chi connectivity index (χ4v) is 4.02. The van der Waals surface area contributed by atoms with Crippen LogP contribution in [0, 0.1) is 11.8 Å². The molecule has 7 heteroatoms. The van der Waals surface area contributed by atoms with E-state index in [4.69, 9.17) is 9.47 Å². The van der Waals surface area contributed by atoms with Gasteiger partial charge in [-0.2, -0.15) is 0 Å². The van der Waals surface area contributed by atoms with Crippen molar-refractivity contribution in [2.45, 2.75) is 46.0 Å². The van der Waals surface area contributed by atoms with E-state index in [9.17, 15) is 14.4 Å². The molecule has 0 aromatic heterocycles. The number of imide groups is 1. The number of hydrogen-bond donors (Lipinski definition) is 1. The van der Waals surface area contributed by atoms with E-state index in [1.165, 1.54) is 4.90 Å². The number of hydrogen-bond acceptors (Lipinski definition) is 5. The third-order valence-electron chi connectivity index (χ3n) is 5.33. The zero-order valence-electron chi connectivity index (χ0n) is 16.5. The van der Waals surface area contributed by atoms with Gasteiger partial charge in [-0.25, -0.2) is 0 Å². The van der Waals surface area contributed by atoms with Gasteiger partial charge in [-0.05, 0) is 38.8 Å². The maximum atomic E-state index is 12.5. The summed E-state index contributed by atoms with van der Waals surface area (Å²) in [6.07, 6.45) is 3.59. The molecule has 2 fully saturated rings. The summed E-state index contributed by atoms with van der Waals surface area (Å²) in [5.74, 6) is 0.319. The van der Waals surface area contributed by atoms with Crippen LogP contribution in [0.1, 0.15) is 46.0 Å². The van der Waals surface area contributed by atoms with Crippen molar-refractivity contribution >= 4 is 23.4 Å². The first-order valence-electron chi connectivity index (χ1n) is 10.1. The van der Waals surface area contributed by atoms with Gasteiger partial charge in [0.15, 0.2) is 0 Å². The molecule has 1 aliphatic carbocycles. The molecule has 2 aliphatic rings. The normalized spacial score (nSPS) is 21.4. The van der Waals surface area contributed by atoms with Crippen molar-refractivity contribution in [3.63, 3.8) is 0 Å². The number of nitrogens with one attached hydrogen (secondary N) is 1. The van der Waals surface area contributed by atoms with Crippen LogP contribution in [0.15, 0.2) is 18.2 Å².